The van der Waals surface area contributed by atoms with Crippen LogP contribution in [0.5, 0.6) is 0 Å². The molecule has 0 fully saturated rings. The summed E-state index contributed by atoms with van der Waals surface area (Å²) in [4.78, 5) is 16.4. The first-order valence-corrected chi connectivity index (χ1v) is 6.63. The number of aromatic nitrogens is 2. The maximum atomic E-state index is 13.6. The molecule has 0 spiro atoms. The minimum Gasteiger partial charge on any atom is -0.386 e. The molecular weight excluding hydrogens is 290 g/mol. The molecule has 0 saturated carbocycles. The zero-order chi connectivity index (χ0) is 15.7. The Morgan fingerprint density at radius 2 is 1.95 bits per heavy atom. The summed E-state index contributed by atoms with van der Waals surface area (Å²) in [7, 11) is 0. The molecular formula is C16H12F2N2O2. The van der Waals surface area contributed by atoms with E-state index in [2.05, 4.69) is 4.98 Å². The number of hydrogen-bond acceptors (Lipinski definition) is 3. The van der Waals surface area contributed by atoms with E-state index in [1.54, 1.807) is 24.3 Å². The van der Waals surface area contributed by atoms with Crippen molar-refractivity contribution in [3.8, 4) is 0 Å². The molecule has 0 amide bonds. The Labute approximate surface area is 124 Å². The number of aliphatic hydroxyl groups excluding tert-OH is 1. The van der Waals surface area contributed by atoms with Gasteiger partial charge in [0.15, 0.2) is 0 Å². The Bertz CT molecular complexity index is 893. The van der Waals surface area contributed by atoms with Crippen molar-refractivity contribution in [3.63, 3.8) is 0 Å². The fourth-order valence-corrected chi connectivity index (χ4v) is 2.29. The summed E-state index contributed by atoms with van der Waals surface area (Å²) in [6.07, 6.45) is -0.0678. The maximum absolute atomic E-state index is 13.6. The number of aliphatic hydroxyl groups is 1. The van der Waals surface area contributed by atoms with Crippen LogP contribution in [0.2, 0.25) is 0 Å². The van der Waals surface area contributed by atoms with Crippen LogP contribution in [0.25, 0.3) is 10.9 Å². The topological polar surface area (TPSA) is 55.1 Å². The third-order valence-electron chi connectivity index (χ3n) is 3.42. The zero-order valence-electron chi connectivity index (χ0n) is 11.4. The Kier molecular flexibility index (Phi) is 3.68. The summed E-state index contributed by atoms with van der Waals surface area (Å²) >= 11 is 0. The average molecular weight is 302 g/mol. The highest BCUT2D eigenvalue weighted by Gasteiger charge is 2.16. The van der Waals surface area contributed by atoms with Crippen molar-refractivity contribution < 1.29 is 13.9 Å². The van der Waals surface area contributed by atoms with Gasteiger partial charge < -0.3 is 5.11 Å². The molecule has 0 aliphatic carbocycles. The van der Waals surface area contributed by atoms with E-state index in [9.17, 15) is 18.7 Å². The lowest BCUT2D eigenvalue weighted by Gasteiger charge is -2.14. The van der Waals surface area contributed by atoms with Gasteiger partial charge in [-0.05, 0) is 30.3 Å². The van der Waals surface area contributed by atoms with Crippen LogP contribution in [0.1, 0.15) is 11.7 Å². The summed E-state index contributed by atoms with van der Waals surface area (Å²) in [5.41, 5.74) is -0.00306. The zero-order valence-corrected chi connectivity index (χ0v) is 11.4. The van der Waals surface area contributed by atoms with E-state index >= 15 is 0 Å². The van der Waals surface area contributed by atoms with Gasteiger partial charge in [0.05, 0.1) is 29.9 Å². The van der Waals surface area contributed by atoms with Gasteiger partial charge in [-0.3, -0.25) is 9.36 Å². The molecule has 0 unspecified atom stereocenters. The van der Waals surface area contributed by atoms with Crippen LogP contribution in [-0.2, 0) is 6.54 Å². The van der Waals surface area contributed by atoms with Crippen molar-refractivity contribution in [1.82, 2.24) is 9.55 Å². The van der Waals surface area contributed by atoms with Crippen LogP contribution in [0.4, 0.5) is 8.78 Å². The fourth-order valence-electron chi connectivity index (χ4n) is 2.29. The van der Waals surface area contributed by atoms with E-state index in [0.29, 0.717) is 10.9 Å². The molecule has 22 heavy (non-hydrogen) atoms. The molecule has 0 radical (unpaired) electrons. The second-order valence-electron chi connectivity index (χ2n) is 4.90. The summed E-state index contributed by atoms with van der Waals surface area (Å²) < 4.78 is 28.0. The predicted molar refractivity (Wildman–Crippen MR) is 77.3 cm³/mol. The van der Waals surface area contributed by atoms with Gasteiger partial charge in [-0.2, -0.15) is 0 Å². The molecule has 112 valence electrons. The molecule has 6 heteroatoms. The molecule has 2 aromatic carbocycles. The SMILES string of the molecule is O=c1c2ccccc2ncn1C[C@@H](O)c1cc(F)ccc1F. The van der Waals surface area contributed by atoms with Gasteiger partial charge in [-0.15, -0.1) is 0 Å². The van der Waals surface area contributed by atoms with Crippen molar-refractivity contribution >= 4 is 10.9 Å². The van der Waals surface area contributed by atoms with Crippen LogP contribution >= 0.6 is 0 Å². The predicted octanol–water partition coefficient (Wildman–Crippen LogP) is 2.41. The standard InChI is InChI=1S/C16H12F2N2O2/c17-10-5-6-13(18)12(7-10)15(21)8-20-9-19-14-4-2-1-3-11(14)16(20)22/h1-7,9,15,21H,8H2/t15-/m1/s1. The Morgan fingerprint density at radius 1 is 1.18 bits per heavy atom. The van der Waals surface area contributed by atoms with Gasteiger partial charge in [-0.25, -0.2) is 13.8 Å². The second kappa shape index (κ2) is 5.65. The Hall–Kier alpha value is -2.60. The van der Waals surface area contributed by atoms with E-state index in [1.807, 2.05) is 0 Å². The second-order valence-corrected chi connectivity index (χ2v) is 4.90. The van der Waals surface area contributed by atoms with Crippen LogP contribution in [0.3, 0.4) is 0 Å². The first-order chi connectivity index (χ1) is 10.6. The van der Waals surface area contributed by atoms with Gasteiger partial charge in [0, 0.05) is 5.56 Å². The van der Waals surface area contributed by atoms with E-state index in [0.717, 1.165) is 18.2 Å². The van der Waals surface area contributed by atoms with E-state index in [1.165, 1.54) is 10.9 Å². The van der Waals surface area contributed by atoms with Gasteiger partial charge in [0.1, 0.15) is 11.6 Å². The van der Waals surface area contributed by atoms with E-state index < -0.39 is 17.7 Å². The van der Waals surface area contributed by atoms with Crippen molar-refractivity contribution in [1.29, 1.82) is 0 Å². The minimum atomic E-state index is -1.35. The largest absolute Gasteiger partial charge is 0.386 e. The minimum absolute atomic E-state index is 0.194. The molecule has 3 aromatic rings. The molecule has 0 saturated heterocycles. The molecule has 1 atom stereocenters. The quantitative estimate of drug-likeness (QED) is 0.808. The van der Waals surface area contributed by atoms with E-state index in [4.69, 9.17) is 0 Å². The first kappa shape index (κ1) is 14.3. The number of halogens is 2. The molecule has 1 heterocycles. The summed E-state index contributed by atoms with van der Waals surface area (Å²) in [6, 6.07) is 9.61. The molecule has 4 nitrogen and oxygen atoms in total. The Balaban J connectivity index is 1.97. The van der Waals surface area contributed by atoms with Crippen LogP contribution in [0, 0.1) is 11.6 Å². The Morgan fingerprint density at radius 3 is 2.77 bits per heavy atom. The number of nitrogens with zero attached hydrogens (tertiary/aromatic N) is 2. The van der Waals surface area contributed by atoms with Crippen molar-refractivity contribution in [2.75, 3.05) is 0 Å². The van der Waals surface area contributed by atoms with Crippen molar-refractivity contribution in [3.05, 3.63) is 76.3 Å². The van der Waals surface area contributed by atoms with E-state index in [-0.39, 0.29) is 17.7 Å². The lowest BCUT2D eigenvalue weighted by Crippen LogP contribution is -2.24. The average Bonchev–Trinajstić information content (AvgIpc) is 2.52. The van der Waals surface area contributed by atoms with Crippen LogP contribution in [-0.4, -0.2) is 14.7 Å². The molecule has 1 aromatic heterocycles. The van der Waals surface area contributed by atoms with Gasteiger partial charge in [-0.1, -0.05) is 12.1 Å². The summed E-state index contributed by atoms with van der Waals surface area (Å²) in [5, 5.41) is 10.5. The van der Waals surface area contributed by atoms with Crippen LogP contribution in [0.15, 0.2) is 53.6 Å². The van der Waals surface area contributed by atoms with Crippen LogP contribution < -0.4 is 5.56 Å². The first-order valence-electron chi connectivity index (χ1n) is 6.63. The molecule has 3 rings (SSSR count). The van der Waals surface area contributed by atoms with Gasteiger partial charge >= 0.3 is 0 Å². The highest BCUT2D eigenvalue weighted by atomic mass is 19.1. The highest BCUT2D eigenvalue weighted by molar-refractivity contribution is 5.76. The monoisotopic (exact) mass is 302 g/mol. The highest BCUT2D eigenvalue weighted by Crippen LogP contribution is 2.19. The lowest BCUT2D eigenvalue weighted by atomic mass is 10.1. The van der Waals surface area contributed by atoms with Gasteiger partial charge in [0.25, 0.3) is 5.56 Å². The third-order valence-corrected chi connectivity index (χ3v) is 3.42. The normalized spacial score (nSPS) is 12.5. The van der Waals surface area contributed by atoms with Gasteiger partial charge in [0.2, 0.25) is 0 Å². The van der Waals surface area contributed by atoms with Crippen molar-refractivity contribution in [2.24, 2.45) is 0 Å². The number of hydrogen-bond donors (Lipinski definition) is 1. The smallest absolute Gasteiger partial charge is 0.261 e. The number of benzene rings is 2. The number of fused-ring (bicyclic) bond motifs is 1. The third kappa shape index (κ3) is 2.60. The summed E-state index contributed by atoms with van der Waals surface area (Å²) in [5.74, 6) is -1.38. The number of rotatable bonds is 3. The summed E-state index contributed by atoms with van der Waals surface area (Å²) in [6.45, 7) is -0.211. The molecule has 0 bridgehead atoms. The molecule has 0 aliphatic heterocycles. The lowest BCUT2D eigenvalue weighted by molar-refractivity contribution is 0.150. The fraction of sp³-hybridized carbons (Fsp3) is 0.125. The van der Waals surface area contributed by atoms with Crippen molar-refractivity contribution in [2.45, 2.75) is 12.6 Å². The number of para-hydroxylation sites is 1. The molecule has 1 N–H and O–H groups in total. The molecule has 0 aliphatic rings. The maximum Gasteiger partial charge on any atom is 0.261 e.